The molecule has 5 heteroatoms. The van der Waals surface area contributed by atoms with Crippen LogP contribution in [-0.4, -0.2) is 12.2 Å². The van der Waals surface area contributed by atoms with Gasteiger partial charge < -0.3 is 15.2 Å². The normalized spacial score (nSPS) is 18.5. The predicted molar refractivity (Wildman–Crippen MR) is 110 cm³/mol. The van der Waals surface area contributed by atoms with Gasteiger partial charge in [-0.1, -0.05) is 47.5 Å². The number of phenols is 1. The number of rotatable bonds is 3. The Morgan fingerprint density at radius 2 is 1.78 bits per heavy atom. The van der Waals surface area contributed by atoms with Crippen molar-refractivity contribution in [3.05, 3.63) is 87.4 Å². The van der Waals surface area contributed by atoms with E-state index in [-0.39, 0.29) is 12.0 Å². The predicted octanol–water partition coefficient (Wildman–Crippen LogP) is 6.40. The fourth-order valence-electron chi connectivity index (χ4n) is 3.72. The van der Waals surface area contributed by atoms with Gasteiger partial charge in [0.1, 0.15) is 11.5 Å². The van der Waals surface area contributed by atoms with Crippen molar-refractivity contribution in [2.24, 2.45) is 0 Å². The maximum absolute atomic E-state index is 10.5. The Morgan fingerprint density at radius 1 is 0.963 bits per heavy atom. The monoisotopic (exact) mass is 399 g/mol. The lowest BCUT2D eigenvalue weighted by molar-refractivity contribution is 0.413. The van der Waals surface area contributed by atoms with Crippen molar-refractivity contribution in [3.8, 4) is 11.5 Å². The maximum atomic E-state index is 10.5. The molecule has 1 aliphatic rings. The summed E-state index contributed by atoms with van der Waals surface area (Å²) in [4.78, 5) is 0. The first-order chi connectivity index (χ1) is 13.1. The SMILES string of the molecule is COc1ccc2c(c1)[C@@H](c1ccccc1O)C[C@@H](c1ccc(Cl)c(Cl)c1)N2. The first-order valence-electron chi connectivity index (χ1n) is 8.74. The number of hydrogen-bond donors (Lipinski definition) is 2. The van der Waals surface area contributed by atoms with Gasteiger partial charge >= 0.3 is 0 Å². The Balaban J connectivity index is 1.81. The fraction of sp³-hybridized carbons (Fsp3) is 0.182. The van der Waals surface area contributed by atoms with Crippen molar-refractivity contribution in [1.82, 2.24) is 0 Å². The summed E-state index contributed by atoms with van der Waals surface area (Å²) in [6.45, 7) is 0. The first kappa shape index (κ1) is 18.0. The molecule has 0 fully saturated rings. The van der Waals surface area contributed by atoms with Gasteiger partial charge in [0.25, 0.3) is 0 Å². The molecule has 3 aromatic rings. The molecule has 0 amide bonds. The maximum Gasteiger partial charge on any atom is 0.119 e. The number of anilines is 1. The molecule has 0 unspecified atom stereocenters. The van der Waals surface area contributed by atoms with Crippen LogP contribution in [0.3, 0.4) is 0 Å². The quantitative estimate of drug-likeness (QED) is 0.535. The Bertz CT molecular complexity index is 990. The van der Waals surface area contributed by atoms with Gasteiger partial charge in [-0.15, -0.1) is 0 Å². The Hall–Kier alpha value is -2.36. The minimum atomic E-state index is 0.0250. The van der Waals surface area contributed by atoms with E-state index in [9.17, 15) is 5.11 Å². The minimum absolute atomic E-state index is 0.0250. The molecule has 0 aromatic heterocycles. The molecule has 0 saturated carbocycles. The topological polar surface area (TPSA) is 41.5 Å². The number of hydrogen-bond acceptors (Lipinski definition) is 3. The average molecular weight is 400 g/mol. The molecular formula is C22H19Cl2NO2. The van der Waals surface area contributed by atoms with Crippen LogP contribution in [0.1, 0.15) is 35.1 Å². The minimum Gasteiger partial charge on any atom is -0.508 e. The van der Waals surface area contributed by atoms with Gasteiger partial charge in [0.2, 0.25) is 0 Å². The Kier molecular flexibility index (Phi) is 4.90. The number of halogens is 2. The zero-order chi connectivity index (χ0) is 19.0. The number of aromatic hydroxyl groups is 1. The van der Waals surface area contributed by atoms with Gasteiger partial charge in [-0.25, -0.2) is 0 Å². The standard InChI is InChI=1S/C22H19Cl2NO2/c1-27-14-7-9-20-17(11-14)16(15-4-2-3-5-22(15)26)12-21(25-20)13-6-8-18(23)19(24)10-13/h2-11,16,21,25-26H,12H2,1H3/t16-,21+/m1/s1. The number of nitrogens with one attached hydrogen (secondary N) is 1. The summed E-state index contributed by atoms with van der Waals surface area (Å²) in [7, 11) is 1.66. The number of fused-ring (bicyclic) bond motifs is 1. The number of benzene rings is 3. The van der Waals surface area contributed by atoms with Crippen molar-refractivity contribution in [1.29, 1.82) is 0 Å². The van der Waals surface area contributed by atoms with E-state index in [1.165, 1.54) is 0 Å². The summed E-state index contributed by atoms with van der Waals surface area (Å²) in [6.07, 6.45) is 0.774. The largest absolute Gasteiger partial charge is 0.508 e. The third-order valence-electron chi connectivity index (χ3n) is 5.09. The first-order valence-corrected chi connectivity index (χ1v) is 9.49. The van der Waals surface area contributed by atoms with E-state index in [0.717, 1.165) is 34.5 Å². The average Bonchev–Trinajstić information content (AvgIpc) is 2.69. The van der Waals surface area contributed by atoms with Gasteiger partial charge in [-0.3, -0.25) is 0 Å². The van der Waals surface area contributed by atoms with Crippen molar-refractivity contribution >= 4 is 28.9 Å². The molecule has 138 valence electrons. The highest BCUT2D eigenvalue weighted by atomic mass is 35.5. The van der Waals surface area contributed by atoms with Crippen LogP contribution >= 0.6 is 23.2 Å². The lowest BCUT2D eigenvalue weighted by Gasteiger charge is -2.34. The van der Waals surface area contributed by atoms with E-state index in [1.807, 2.05) is 54.6 Å². The van der Waals surface area contributed by atoms with Crippen LogP contribution in [-0.2, 0) is 0 Å². The summed E-state index contributed by atoms with van der Waals surface area (Å²) >= 11 is 12.3. The summed E-state index contributed by atoms with van der Waals surface area (Å²) in [6, 6.07) is 19.2. The van der Waals surface area contributed by atoms with Crippen LogP contribution in [0, 0.1) is 0 Å². The van der Waals surface area contributed by atoms with Gasteiger partial charge in [0.15, 0.2) is 0 Å². The second-order valence-corrected chi connectivity index (χ2v) is 7.49. The third-order valence-corrected chi connectivity index (χ3v) is 5.83. The second-order valence-electron chi connectivity index (χ2n) is 6.67. The van der Waals surface area contributed by atoms with Gasteiger partial charge in [0, 0.05) is 17.2 Å². The molecule has 2 atom stereocenters. The molecule has 0 radical (unpaired) electrons. The van der Waals surface area contributed by atoms with Crippen LogP contribution < -0.4 is 10.1 Å². The molecule has 27 heavy (non-hydrogen) atoms. The van der Waals surface area contributed by atoms with Crippen molar-refractivity contribution in [2.45, 2.75) is 18.4 Å². The van der Waals surface area contributed by atoms with E-state index >= 15 is 0 Å². The number of ether oxygens (including phenoxy) is 1. The lowest BCUT2D eigenvalue weighted by atomic mass is 9.80. The zero-order valence-electron chi connectivity index (χ0n) is 14.7. The second kappa shape index (κ2) is 7.34. The highest BCUT2D eigenvalue weighted by Crippen LogP contribution is 2.47. The molecule has 0 saturated heterocycles. The number of methoxy groups -OCH3 is 1. The van der Waals surface area contributed by atoms with E-state index in [1.54, 1.807) is 13.2 Å². The summed E-state index contributed by atoms with van der Waals surface area (Å²) in [5.41, 5.74) is 4.09. The molecule has 2 N–H and O–H groups in total. The van der Waals surface area contributed by atoms with Gasteiger partial charge in [0.05, 0.1) is 23.2 Å². The van der Waals surface area contributed by atoms with Crippen LogP contribution in [0.2, 0.25) is 10.0 Å². The lowest BCUT2D eigenvalue weighted by Crippen LogP contribution is -2.22. The number of phenolic OH excluding ortho intramolecular Hbond substituents is 1. The summed E-state index contributed by atoms with van der Waals surface area (Å²) in [5.74, 6) is 1.12. The van der Waals surface area contributed by atoms with Gasteiger partial charge in [-0.2, -0.15) is 0 Å². The molecule has 4 rings (SSSR count). The molecule has 1 heterocycles. The molecule has 1 aliphatic heterocycles. The fourth-order valence-corrected chi connectivity index (χ4v) is 4.03. The van der Waals surface area contributed by atoms with E-state index in [4.69, 9.17) is 27.9 Å². The van der Waals surface area contributed by atoms with E-state index < -0.39 is 0 Å². The third kappa shape index (κ3) is 3.45. The molecule has 0 bridgehead atoms. The molecule has 3 nitrogen and oxygen atoms in total. The van der Waals surface area contributed by atoms with Crippen LogP contribution in [0.5, 0.6) is 11.5 Å². The van der Waals surface area contributed by atoms with Crippen molar-refractivity contribution < 1.29 is 9.84 Å². The highest BCUT2D eigenvalue weighted by Gasteiger charge is 2.30. The van der Waals surface area contributed by atoms with Crippen molar-refractivity contribution in [3.63, 3.8) is 0 Å². The number of para-hydroxylation sites is 1. The smallest absolute Gasteiger partial charge is 0.119 e. The molecular weight excluding hydrogens is 381 g/mol. The van der Waals surface area contributed by atoms with Crippen molar-refractivity contribution in [2.75, 3.05) is 12.4 Å². The van der Waals surface area contributed by atoms with E-state index in [2.05, 4.69) is 5.32 Å². The Labute approximate surface area is 168 Å². The summed E-state index contributed by atoms with van der Waals surface area (Å²) < 4.78 is 5.41. The van der Waals surface area contributed by atoms with Crippen LogP contribution in [0.25, 0.3) is 0 Å². The molecule has 3 aromatic carbocycles. The van der Waals surface area contributed by atoms with Gasteiger partial charge in [-0.05, 0) is 53.9 Å². The zero-order valence-corrected chi connectivity index (χ0v) is 16.3. The van der Waals surface area contributed by atoms with Crippen LogP contribution in [0.15, 0.2) is 60.7 Å². The highest BCUT2D eigenvalue weighted by molar-refractivity contribution is 6.42. The molecule has 0 spiro atoms. The Morgan fingerprint density at radius 3 is 2.52 bits per heavy atom. The van der Waals surface area contributed by atoms with E-state index in [0.29, 0.717) is 15.8 Å². The summed E-state index contributed by atoms with van der Waals surface area (Å²) in [5, 5.41) is 15.1. The molecule has 0 aliphatic carbocycles. The van der Waals surface area contributed by atoms with Crippen LogP contribution in [0.4, 0.5) is 5.69 Å².